The zero-order valence-electron chi connectivity index (χ0n) is 18.2. The van der Waals surface area contributed by atoms with Crippen molar-refractivity contribution < 1.29 is 31.1 Å². The lowest BCUT2D eigenvalue weighted by Gasteiger charge is -2.14. The summed E-state index contributed by atoms with van der Waals surface area (Å²) < 4.78 is 70.0. The minimum absolute atomic E-state index is 0.0290. The average Bonchev–Trinajstić information content (AvgIpc) is 3.29. The molecular weight excluding hydrogens is 465 g/mol. The number of pyridine rings is 1. The molecule has 33 heavy (non-hydrogen) atoms. The van der Waals surface area contributed by atoms with Gasteiger partial charge >= 0.3 is 12.3 Å². The fourth-order valence-corrected chi connectivity index (χ4v) is 4.08. The number of aromatic amines is 1. The van der Waals surface area contributed by atoms with Gasteiger partial charge in [-0.25, -0.2) is 18.2 Å². The van der Waals surface area contributed by atoms with Gasteiger partial charge in [0.2, 0.25) is 10.0 Å². The molecule has 0 bridgehead atoms. The van der Waals surface area contributed by atoms with Crippen molar-refractivity contribution in [1.82, 2.24) is 20.5 Å². The number of hydrogen-bond donors (Lipinski definition) is 4. The highest BCUT2D eigenvalue weighted by atomic mass is 32.2. The molecule has 1 aliphatic rings. The Labute approximate surface area is 188 Å². The van der Waals surface area contributed by atoms with E-state index in [0.717, 1.165) is 24.4 Å². The summed E-state index contributed by atoms with van der Waals surface area (Å²) in [4.78, 5) is 15.3. The summed E-state index contributed by atoms with van der Waals surface area (Å²) >= 11 is 0. The number of hydrogen-bond acceptors (Lipinski definition) is 7. The maximum absolute atomic E-state index is 13.4. The van der Waals surface area contributed by atoms with Crippen LogP contribution < -0.4 is 15.4 Å². The van der Waals surface area contributed by atoms with Crippen LogP contribution >= 0.6 is 0 Å². The van der Waals surface area contributed by atoms with Gasteiger partial charge in [-0.15, -0.1) is 0 Å². The van der Waals surface area contributed by atoms with E-state index in [4.69, 9.17) is 4.74 Å². The number of carbonyl (C=O) groups is 1. The van der Waals surface area contributed by atoms with E-state index < -0.39 is 33.7 Å². The number of halogens is 3. The van der Waals surface area contributed by atoms with Gasteiger partial charge in [0.25, 0.3) is 0 Å². The number of ether oxygens (including phenoxy) is 1. The van der Waals surface area contributed by atoms with Gasteiger partial charge in [0.15, 0.2) is 11.5 Å². The van der Waals surface area contributed by atoms with E-state index in [0.29, 0.717) is 12.8 Å². The van der Waals surface area contributed by atoms with Crippen LogP contribution in [0, 0.1) is 0 Å². The topological polar surface area (TPSA) is 138 Å². The van der Waals surface area contributed by atoms with Crippen LogP contribution in [0.3, 0.4) is 0 Å². The molecule has 1 amide bonds. The first-order chi connectivity index (χ1) is 15.3. The van der Waals surface area contributed by atoms with Crippen LogP contribution in [-0.2, 0) is 20.9 Å². The summed E-state index contributed by atoms with van der Waals surface area (Å²) in [5, 5.41) is 12.3. The Morgan fingerprint density at radius 2 is 1.97 bits per heavy atom. The summed E-state index contributed by atoms with van der Waals surface area (Å²) in [5.74, 6) is 0.138. The van der Waals surface area contributed by atoms with E-state index in [2.05, 4.69) is 25.8 Å². The minimum atomic E-state index is -4.87. The summed E-state index contributed by atoms with van der Waals surface area (Å²) in [6.45, 7) is 3.67. The molecule has 182 valence electrons. The molecule has 2 aromatic heterocycles. The van der Waals surface area contributed by atoms with Gasteiger partial charge in [0.05, 0.1) is 11.9 Å². The summed E-state index contributed by atoms with van der Waals surface area (Å²) in [5.41, 5.74) is -1.29. The second-order valence-corrected chi connectivity index (χ2v) is 9.88. The monoisotopic (exact) mass is 490 g/mol. The van der Waals surface area contributed by atoms with Crippen molar-refractivity contribution in [1.29, 1.82) is 0 Å². The quantitative estimate of drug-likeness (QED) is 0.464. The Hall–Kier alpha value is -3.03. The van der Waals surface area contributed by atoms with Gasteiger partial charge in [-0.2, -0.15) is 18.3 Å². The molecule has 0 aliphatic heterocycles. The molecule has 3 rings (SSSR count). The van der Waals surface area contributed by atoms with E-state index in [1.54, 1.807) is 6.07 Å². The number of alkyl carbamates (subject to hydrolysis) is 1. The van der Waals surface area contributed by atoms with Crippen LogP contribution in [0.25, 0.3) is 0 Å². The summed E-state index contributed by atoms with van der Waals surface area (Å²) in [6, 6.07) is 3.81. The molecule has 4 N–H and O–H groups in total. The van der Waals surface area contributed by atoms with E-state index in [9.17, 15) is 26.4 Å². The smallest absolute Gasteiger partial charge is 0.435 e. The molecule has 0 radical (unpaired) electrons. The van der Waals surface area contributed by atoms with Crippen molar-refractivity contribution in [2.24, 2.45) is 0 Å². The van der Waals surface area contributed by atoms with Crippen LogP contribution in [0.1, 0.15) is 50.4 Å². The Bertz CT molecular complexity index is 1100. The van der Waals surface area contributed by atoms with Gasteiger partial charge < -0.3 is 15.4 Å². The Kier molecular flexibility index (Phi) is 7.05. The fourth-order valence-electron chi connectivity index (χ4n) is 3.52. The van der Waals surface area contributed by atoms with Crippen LogP contribution in [0.5, 0.6) is 0 Å². The predicted molar refractivity (Wildman–Crippen MR) is 115 cm³/mol. The predicted octanol–water partition coefficient (Wildman–Crippen LogP) is 3.71. The lowest BCUT2D eigenvalue weighted by Crippen LogP contribution is -2.33. The number of carbonyl (C=O) groups excluding carboxylic acids is 1. The molecule has 0 unspecified atom stereocenters. The molecule has 0 spiro atoms. The maximum Gasteiger partial charge on any atom is 0.435 e. The van der Waals surface area contributed by atoms with Gasteiger partial charge in [-0.05, 0) is 45.2 Å². The van der Waals surface area contributed by atoms with Gasteiger partial charge in [0, 0.05) is 23.7 Å². The molecule has 2 atom stereocenters. The summed E-state index contributed by atoms with van der Waals surface area (Å²) in [6.07, 6.45) is -2.80. The van der Waals surface area contributed by atoms with Gasteiger partial charge in [-0.3, -0.25) is 9.82 Å². The highest BCUT2D eigenvalue weighted by molar-refractivity contribution is 7.92. The molecule has 1 saturated carbocycles. The first kappa shape index (κ1) is 24.6. The van der Waals surface area contributed by atoms with Gasteiger partial charge in [0.1, 0.15) is 11.9 Å². The van der Waals surface area contributed by atoms with E-state index in [-0.39, 0.29) is 29.7 Å². The first-order valence-corrected chi connectivity index (χ1v) is 12.0. The van der Waals surface area contributed by atoms with Crippen molar-refractivity contribution in [3.8, 4) is 0 Å². The molecule has 0 saturated heterocycles. The molecular formula is C19H25F3N6O4S. The van der Waals surface area contributed by atoms with Crippen molar-refractivity contribution >= 4 is 33.4 Å². The van der Waals surface area contributed by atoms with Crippen LogP contribution in [-0.4, -0.2) is 48.1 Å². The van der Waals surface area contributed by atoms with Crippen molar-refractivity contribution in [3.05, 3.63) is 29.6 Å². The van der Waals surface area contributed by atoms with Crippen molar-refractivity contribution in [3.63, 3.8) is 0 Å². The lowest BCUT2D eigenvalue weighted by atomic mass is 10.0. The Morgan fingerprint density at radius 1 is 1.24 bits per heavy atom. The SMILES string of the molecule is CC(C)NC(=O)O[C@H]1CC[C@@H](c2cc(Nc3ccc(NS(C)(=O)=O)c(C(F)(F)F)n3)n[nH]2)C1. The number of amides is 1. The second-order valence-electron chi connectivity index (χ2n) is 8.13. The molecule has 2 heterocycles. The highest BCUT2D eigenvalue weighted by Crippen LogP contribution is 2.37. The molecule has 10 nitrogen and oxygen atoms in total. The number of rotatable bonds is 7. The third-order valence-electron chi connectivity index (χ3n) is 4.82. The molecule has 2 aromatic rings. The standard InChI is InChI=1S/C19H25F3N6O4S/c1-10(2)23-18(29)32-12-5-4-11(8-12)14-9-16(27-26-14)24-15-7-6-13(28-33(3,30)31)17(25-15)19(20,21)22/h6-7,9-12,28H,4-5,8H2,1-3H3,(H,23,29)(H2,24,25,26,27)/t11-,12+/m1/s1. The molecule has 1 fully saturated rings. The van der Waals surface area contributed by atoms with Crippen molar-refractivity contribution in [2.75, 3.05) is 16.3 Å². The van der Waals surface area contributed by atoms with E-state index in [1.165, 1.54) is 6.07 Å². The van der Waals surface area contributed by atoms with Crippen LogP contribution in [0.15, 0.2) is 18.2 Å². The highest BCUT2D eigenvalue weighted by Gasteiger charge is 2.37. The molecule has 0 aromatic carbocycles. The number of aromatic nitrogens is 3. The molecule has 1 aliphatic carbocycles. The fraction of sp³-hybridized carbons (Fsp3) is 0.526. The maximum atomic E-state index is 13.4. The number of sulfonamides is 1. The normalized spacial score (nSPS) is 18.9. The number of H-pyrrole nitrogens is 1. The number of nitrogens with zero attached hydrogens (tertiary/aromatic N) is 2. The first-order valence-electron chi connectivity index (χ1n) is 10.2. The van der Waals surface area contributed by atoms with Gasteiger partial charge in [-0.1, -0.05) is 0 Å². The number of alkyl halides is 3. The third-order valence-corrected chi connectivity index (χ3v) is 5.41. The van der Waals surface area contributed by atoms with Crippen molar-refractivity contribution in [2.45, 2.75) is 57.3 Å². The van der Waals surface area contributed by atoms with Crippen LogP contribution in [0.4, 0.5) is 35.3 Å². The second kappa shape index (κ2) is 9.45. The lowest BCUT2D eigenvalue weighted by molar-refractivity contribution is -0.140. The minimum Gasteiger partial charge on any atom is -0.446 e. The largest absolute Gasteiger partial charge is 0.446 e. The Morgan fingerprint density at radius 3 is 2.61 bits per heavy atom. The zero-order chi connectivity index (χ0) is 24.4. The summed E-state index contributed by atoms with van der Waals surface area (Å²) in [7, 11) is -3.92. The Balaban J connectivity index is 1.68. The van der Waals surface area contributed by atoms with E-state index in [1.807, 2.05) is 18.6 Å². The van der Waals surface area contributed by atoms with E-state index >= 15 is 0 Å². The average molecular weight is 491 g/mol. The number of nitrogens with one attached hydrogen (secondary N) is 4. The van der Waals surface area contributed by atoms with Crippen LogP contribution in [0.2, 0.25) is 0 Å². The number of anilines is 3. The third kappa shape index (κ3) is 6.97. The molecule has 14 heteroatoms. The zero-order valence-corrected chi connectivity index (χ0v) is 19.0.